The van der Waals surface area contributed by atoms with Crippen LogP contribution in [0.4, 0.5) is 5.82 Å². The van der Waals surface area contributed by atoms with Gasteiger partial charge in [0.25, 0.3) is 0 Å². The maximum absolute atomic E-state index is 11.0. The normalized spacial score (nSPS) is 10.0. The lowest BCUT2D eigenvalue weighted by molar-refractivity contribution is 0.0684. The van der Waals surface area contributed by atoms with E-state index in [1.807, 2.05) is 12.1 Å². The number of carboxylic acid groups (broad SMARTS) is 1. The molecule has 0 fully saturated rings. The van der Waals surface area contributed by atoms with Gasteiger partial charge in [0.2, 0.25) is 5.82 Å². The highest BCUT2D eigenvalue weighted by molar-refractivity contribution is 5.93. The minimum atomic E-state index is -1.16. The van der Waals surface area contributed by atoms with Gasteiger partial charge in [0.15, 0.2) is 0 Å². The zero-order valence-electron chi connectivity index (χ0n) is 9.79. The molecular weight excluding hydrogens is 230 g/mol. The number of fused-ring (bicyclic) bond motifs is 1. The van der Waals surface area contributed by atoms with Crippen molar-refractivity contribution in [1.29, 1.82) is 0 Å². The molecule has 1 N–H and O–H groups in total. The zero-order valence-corrected chi connectivity index (χ0v) is 9.79. The maximum atomic E-state index is 11.0. The Morgan fingerprint density at radius 2 is 2.17 bits per heavy atom. The topological polar surface area (TPSA) is 66.3 Å². The van der Waals surface area contributed by atoms with Crippen LogP contribution in [0.15, 0.2) is 24.3 Å². The molecule has 5 nitrogen and oxygen atoms in total. The number of aromatic nitrogens is 2. The Morgan fingerprint density at radius 1 is 1.44 bits per heavy atom. The number of para-hydroxylation sites is 1. The molecule has 0 saturated carbocycles. The molecule has 0 aliphatic heterocycles. The van der Waals surface area contributed by atoms with Crippen LogP contribution in [0.5, 0.6) is 0 Å². The summed E-state index contributed by atoms with van der Waals surface area (Å²) < 4.78 is 0. The van der Waals surface area contributed by atoms with Crippen molar-refractivity contribution in [3.63, 3.8) is 0 Å². The number of carboxylic acids is 1. The largest absolute Gasteiger partial charge is 0.475 e. The first-order valence-corrected chi connectivity index (χ1v) is 5.28. The summed E-state index contributed by atoms with van der Waals surface area (Å²) in [6.45, 7) is 0.347. The summed E-state index contributed by atoms with van der Waals surface area (Å²) in [5.41, 5.74) is 0.587. The fourth-order valence-corrected chi connectivity index (χ4v) is 1.66. The molecule has 0 saturated heterocycles. The molecule has 0 aliphatic rings. The molecule has 0 aliphatic carbocycles. The highest BCUT2D eigenvalue weighted by Gasteiger charge is 2.14. The quantitative estimate of drug-likeness (QED) is 0.823. The minimum absolute atomic E-state index is 0.229. The molecule has 1 aromatic heterocycles. The van der Waals surface area contributed by atoms with Gasteiger partial charge in [0.1, 0.15) is 5.82 Å². The highest BCUT2D eigenvalue weighted by Crippen LogP contribution is 2.22. The number of hydrogen-bond donors (Lipinski definition) is 1. The number of anilines is 1. The second kappa shape index (κ2) is 4.72. The minimum Gasteiger partial charge on any atom is -0.475 e. The lowest BCUT2D eigenvalue weighted by Crippen LogP contribution is -2.20. The molecule has 1 heterocycles. The van der Waals surface area contributed by atoms with Gasteiger partial charge in [-0.25, -0.2) is 14.8 Å². The number of terminal acetylenes is 1. The molecule has 2 rings (SSSR count). The summed E-state index contributed by atoms with van der Waals surface area (Å²) in [6, 6.07) is 7.23. The van der Waals surface area contributed by atoms with Gasteiger partial charge < -0.3 is 10.0 Å². The molecule has 0 radical (unpaired) electrons. The Kier molecular flexibility index (Phi) is 3.11. The van der Waals surface area contributed by atoms with E-state index in [0.717, 1.165) is 5.39 Å². The Balaban J connectivity index is 2.68. The molecule has 1 aromatic carbocycles. The van der Waals surface area contributed by atoms with Crippen molar-refractivity contribution in [3.05, 3.63) is 30.1 Å². The molecule has 0 atom stereocenters. The summed E-state index contributed by atoms with van der Waals surface area (Å²) in [5, 5.41) is 9.77. The van der Waals surface area contributed by atoms with Gasteiger partial charge in [0.05, 0.1) is 12.1 Å². The van der Waals surface area contributed by atoms with Crippen LogP contribution in [0.25, 0.3) is 10.9 Å². The fourth-order valence-electron chi connectivity index (χ4n) is 1.66. The van der Waals surface area contributed by atoms with E-state index >= 15 is 0 Å². The lowest BCUT2D eigenvalue weighted by Gasteiger charge is -2.17. The van der Waals surface area contributed by atoms with Crippen LogP contribution in [-0.4, -0.2) is 34.6 Å². The number of hydrogen-bond acceptors (Lipinski definition) is 4. The number of aromatic carboxylic acids is 1. The SMILES string of the molecule is C#CCN(C)c1nc(C(=O)O)nc2ccccc12. The Hall–Kier alpha value is -2.61. The van der Waals surface area contributed by atoms with Crippen LogP contribution in [0.1, 0.15) is 10.6 Å². The molecule has 2 aromatic rings. The third-order valence-electron chi connectivity index (χ3n) is 2.46. The van der Waals surface area contributed by atoms with Gasteiger partial charge in [0, 0.05) is 12.4 Å². The van der Waals surface area contributed by atoms with E-state index in [-0.39, 0.29) is 5.82 Å². The van der Waals surface area contributed by atoms with E-state index in [4.69, 9.17) is 11.5 Å². The van der Waals surface area contributed by atoms with E-state index in [1.54, 1.807) is 24.1 Å². The van der Waals surface area contributed by atoms with Crippen LogP contribution in [-0.2, 0) is 0 Å². The third-order valence-corrected chi connectivity index (χ3v) is 2.46. The summed E-state index contributed by atoms with van der Waals surface area (Å²) in [5.74, 6) is 1.64. The van der Waals surface area contributed by atoms with E-state index < -0.39 is 5.97 Å². The van der Waals surface area contributed by atoms with Gasteiger partial charge >= 0.3 is 5.97 Å². The fraction of sp³-hybridized carbons (Fsp3) is 0.154. The van der Waals surface area contributed by atoms with Crippen molar-refractivity contribution in [2.75, 3.05) is 18.5 Å². The van der Waals surface area contributed by atoms with Crippen molar-refractivity contribution >= 4 is 22.7 Å². The van der Waals surface area contributed by atoms with Crippen LogP contribution in [0.3, 0.4) is 0 Å². The van der Waals surface area contributed by atoms with Crippen molar-refractivity contribution in [2.45, 2.75) is 0 Å². The van der Waals surface area contributed by atoms with Crippen molar-refractivity contribution in [3.8, 4) is 12.3 Å². The standard InChI is InChI=1S/C13H11N3O2/c1-3-8-16(2)12-9-6-4-5-7-10(9)14-11(15-12)13(17)18/h1,4-7H,8H2,2H3,(H,17,18). The van der Waals surface area contributed by atoms with Gasteiger partial charge in [-0.3, -0.25) is 0 Å². The van der Waals surface area contributed by atoms with Crippen molar-refractivity contribution in [1.82, 2.24) is 9.97 Å². The van der Waals surface area contributed by atoms with Gasteiger partial charge in [-0.2, -0.15) is 0 Å². The van der Waals surface area contributed by atoms with Gasteiger partial charge in [-0.05, 0) is 12.1 Å². The molecule has 18 heavy (non-hydrogen) atoms. The predicted molar refractivity (Wildman–Crippen MR) is 68.6 cm³/mol. The molecule has 5 heteroatoms. The first-order chi connectivity index (χ1) is 8.63. The van der Waals surface area contributed by atoms with Crippen LogP contribution < -0.4 is 4.90 Å². The lowest BCUT2D eigenvalue weighted by atomic mass is 10.2. The first-order valence-electron chi connectivity index (χ1n) is 5.28. The predicted octanol–water partition coefficient (Wildman–Crippen LogP) is 1.40. The summed E-state index contributed by atoms with van der Waals surface area (Å²) >= 11 is 0. The number of benzene rings is 1. The monoisotopic (exact) mass is 241 g/mol. The van der Waals surface area contributed by atoms with Gasteiger partial charge in [-0.1, -0.05) is 18.1 Å². The Morgan fingerprint density at radius 3 is 2.83 bits per heavy atom. The molecular formula is C13H11N3O2. The van der Waals surface area contributed by atoms with E-state index in [0.29, 0.717) is 17.9 Å². The van der Waals surface area contributed by atoms with Gasteiger partial charge in [-0.15, -0.1) is 6.42 Å². The molecule has 0 amide bonds. The van der Waals surface area contributed by atoms with E-state index in [9.17, 15) is 4.79 Å². The highest BCUT2D eigenvalue weighted by atomic mass is 16.4. The van der Waals surface area contributed by atoms with E-state index in [2.05, 4.69) is 15.9 Å². The second-order valence-electron chi connectivity index (χ2n) is 3.75. The molecule has 0 bridgehead atoms. The smallest absolute Gasteiger partial charge is 0.374 e. The third kappa shape index (κ3) is 2.09. The Labute approximate surface area is 104 Å². The van der Waals surface area contributed by atoms with E-state index in [1.165, 1.54) is 0 Å². The summed E-state index contributed by atoms with van der Waals surface area (Å²) in [4.78, 5) is 20.7. The van der Waals surface area contributed by atoms with Crippen LogP contribution >= 0.6 is 0 Å². The zero-order chi connectivity index (χ0) is 13.1. The van der Waals surface area contributed by atoms with Crippen LogP contribution in [0, 0.1) is 12.3 Å². The summed E-state index contributed by atoms with van der Waals surface area (Å²) in [6.07, 6.45) is 5.26. The number of nitrogens with zero attached hydrogens (tertiary/aromatic N) is 3. The Bertz CT molecular complexity index is 646. The molecule has 0 unspecified atom stereocenters. The maximum Gasteiger partial charge on any atom is 0.374 e. The average molecular weight is 241 g/mol. The number of carbonyl (C=O) groups is 1. The number of rotatable bonds is 3. The second-order valence-corrected chi connectivity index (χ2v) is 3.75. The van der Waals surface area contributed by atoms with Crippen LogP contribution in [0.2, 0.25) is 0 Å². The van der Waals surface area contributed by atoms with Crippen molar-refractivity contribution in [2.24, 2.45) is 0 Å². The molecule has 0 spiro atoms. The molecule has 90 valence electrons. The van der Waals surface area contributed by atoms with Crippen molar-refractivity contribution < 1.29 is 9.90 Å². The summed E-state index contributed by atoms with van der Waals surface area (Å²) in [7, 11) is 1.76. The average Bonchev–Trinajstić information content (AvgIpc) is 2.37. The first kappa shape index (κ1) is 11.9.